The molecule has 6 rings (SSSR count). The quantitative estimate of drug-likeness (QED) is 0.0169. The van der Waals surface area contributed by atoms with Crippen molar-refractivity contribution in [1.29, 1.82) is 0 Å². The fourth-order valence-corrected chi connectivity index (χ4v) is 7.37. The summed E-state index contributed by atoms with van der Waals surface area (Å²) in [6, 6.07) is 39.2. The third-order valence-electron chi connectivity index (χ3n) is 12.1. The Balaban J connectivity index is 0.000000328. The second-order valence-corrected chi connectivity index (χ2v) is 18.2. The van der Waals surface area contributed by atoms with Gasteiger partial charge in [-0.25, -0.2) is 0 Å². The predicted molar refractivity (Wildman–Crippen MR) is 293 cm³/mol. The fraction of sp³-hybridized carbons (Fsp3) is 0.312. The van der Waals surface area contributed by atoms with Crippen molar-refractivity contribution >= 4 is 46.3 Å². The van der Waals surface area contributed by atoms with E-state index in [1.165, 1.54) is 48.5 Å². The molecule has 0 N–H and O–H groups in total. The van der Waals surface area contributed by atoms with Gasteiger partial charge in [0, 0.05) is 61.6 Å². The Labute approximate surface area is 462 Å². The van der Waals surface area contributed by atoms with Crippen molar-refractivity contribution in [2.45, 2.75) is 105 Å². The monoisotopic (exact) mass is 1090 g/mol. The van der Waals surface area contributed by atoms with E-state index in [1.54, 1.807) is 97.1 Å². The maximum absolute atomic E-state index is 12.6. The molecule has 77 heavy (non-hydrogen) atoms. The molecule has 6 aromatic carbocycles. The van der Waals surface area contributed by atoms with Crippen LogP contribution in [0.2, 0.25) is 0 Å². The summed E-state index contributed by atoms with van der Waals surface area (Å²) < 4.78 is 22.4. The Morgan fingerprint density at radius 3 is 0.506 bits per heavy atom. The summed E-state index contributed by atoms with van der Waals surface area (Å²) >= 11 is 0. The molecule has 1 radical (unpaired) electrons. The molecule has 0 saturated heterocycles. The van der Waals surface area contributed by atoms with Gasteiger partial charge in [-0.05, 0) is 123 Å². The van der Waals surface area contributed by atoms with Crippen LogP contribution in [0.5, 0.6) is 23.0 Å². The van der Waals surface area contributed by atoms with E-state index in [0.717, 1.165) is 51.4 Å². The van der Waals surface area contributed by atoms with E-state index in [9.17, 15) is 38.4 Å². The summed E-state index contributed by atoms with van der Waals surface area (Å²) in [5.74, 6) is 0.243. The van der Waals surface area contributed by atoms with Crippen LogP contribution in [0.4, 0.5) is 0 Å². The van der Waals surface area contributed by atoms with E-state index in [4.69, 9.17) is 18.9 Å². The number of Topliss-reactive ketones (excluding diaryl/α,β-unsaturated/α-hetero) is 8. The Bertz CT molecular complexity index is 2460. The van der Waals surface area contributed by atoms with Gasteiger partial charge in [-0.15, -0.1) is 0 Å². The molecule has 13 heteroatoms. The van der Waals surface area contributed by atoms with Gasteiger partial charge >= 0.3 is 0 Å². The van der Waals surface area contributed by atoms with Crippen LogP contribution in [0, 0.1) is 0 Å². The minimum Gasteiger partial charge on any atom is -0.494 e. The number of benzene rings is 6. The minimum atomic E-state index is -0.338. The van der Waals surface area contributed by atoms with Gasteiger partial charge in [0.2, 0.25) is 0 Å². The normalized spacial score (nSPS) is 10.4. The zero-order valence-corrected chi connectivity index (χ0v) is 45.3. The molecule has 12 nitrogen and oxygen atoms in total. The van der Waals surface area contributed by atoms with E-state index in [1.807, 2.05) is 0 Å². The molecule has 0 spiro atoms. The molecule has 407 valence electrons. The van der Waals surface area contributed by atoms with Gasteiger partial charge in [0.25, 0.3) is 0 Å². The van der Waals surface area contributed by atoms with E-state index < -0.39 is 0 Å². The zero-order chi connectivity index (χ0) is 54.7. The van der Waals surface area contributed by atoms with Crippen molar-refractivity contribution in [2.75, 3.05) is 26.4 Å². The van der Waals surface area contributed by atoms with Crippen LogP contribution >= 0.6 is 0 Å². The number of hydrogen-bond acceptors (Lipinski definition) is 12. The van der Waals surface area contributed by atoms with Crippen LogP contribution in [0.25, 0.3) is 0 Å². The third-order valence-corrected chi connectivity index (χ3v) is 12.1. The van der Waals surface area contributed by atoms with E-state index in [0.29, 0.717) is 93.9 Å². The van der Waals surface area contributed by atoms with Crippen LogP contribution in [0.3, 0.4) is 0 Å². The van der Waals surface area contributed by atoms with E-state index in [2.05, 4.69) is 27.7 Å². The summed E-state index contributed by atoms with van der Waals surface area (Å²) in [6.45, 7) is 10.8. The summed E-state index contributed by atoms with van der Waals surface area (Å²) in [5.41, 5.74) is 3.08. The third kappa shape index (κ3) is 20.8. The molecular formula is C64H68CuO12. The average molecular weight is 1090 g/mol. The molecule has 0 atom stereocenters. The molecular weight excluding hydrogens is 1020 g/mol. The number of carbonyl (C=O) groups excluding carboxylic acids is 8. The summed E-state index contributed by atoms with van der Waals surface area (Å²) in [4.78, 5) is 101. The molecule has 0 bridgehead atoms. The maximum atomic E-state index is 12.6. The first kappa shape index (κ1) is 61.9. The number of unbranched alkanes of at least 4 members (excludes halogenated alkanes) is 4. The first-order valence-electron chi connectivity index (χ1n) is 26.2. The first-order valence-corrected chi connectivity index (χ1v) is 26.2. The standard InChI is InChI=1S/2C32H34O6.Cu/c2*1-3-5-19-37-27-15-11-25(12-16-27)31(35)21-29(33)23-7-9-24(10-8-23)30(34)22-32(36)26-13-17-28(18-14-26)38-20-6-4-2;/h2*7-18H,3-6,19-22H2,1-2H3;. The van der Waals surface area contributed by atoms with Crippen molar-refractivity contribution in [1.82, 2.24) is 0 Å². The van der Waals surface area contributed by atoms with Crippen LogP contribution in [-0.4, -0.2) is 72.7 Å². The largest absolute Gasteiger partial charge is 0.494 e. The molecule has 0 unspecified atom stereocenters. The number of rotatable bonds is 32. The van der Waals surface area contributed by atoms with E-state index >= 15 is 0 Å². The second-order valence-electron chi connectivity index (χ2n) is 18.2. The molecule has 0 amide bonds. The first-order chi connectivity index (χ1) is 36.8. The fourth-order valence-electron chi connectivity index (χ4n) is 7.37. The molecule has 0 aliphatic carbocycles. The SMILES string of the molecule is CCCCOc1ccc(C(=O)CC(=O)c2ccc(C(=O)CC(=O)c3ccc(OCCCC)cc3)cc2)cc1.CCCCOc1ccc(C(=O)CC(=O)c2ccc(C(=O)CC(=O)c3ccc(OCCCC)cc3)cc2)cc1.[Cu]. The van der Waals surface area contributed by atoms with Crippen LogP contribution < -0.4 is 18.9 Å². The predicted octanol–water partition coefficient (Wildman–Crippen LogP) is 13.9. The van der Waals surface area contributed by atoms with Crippen molar-refractivity contribution in [3.8, 4) is 23.0 Å². The second kappa shape index (κ2) is 33.4. The number of carbonyl (C=O) groups is 8. The molecule has 0 fully saturated rings. The molecule has 0 aliphatic rings. The van der Waals surface area contributed by atoms with Crippen molar-refractivity contribution in [3.05, 3.63) is 190 Å². The Kier molecular flexibility index (Phi) is 26.9. The van der Waals surface area contributed by atoms with Gasteiger partial charge in [0.15, 0.2) is 46.3 Å². The Morgan fingerprint density at radius 2 is 0.377 bits per heavy atom. The topological polar surface area (TPSA) is 173 Å². The van der Waals surface area contributed by atoms with Gasteiger partial charge in [-0.1, -0.05) is 102 Å². The van der Waals surface area contributed by atoms with Gasteiger partial charge < -0.3 is 18.9 Å². The van der Waals surface area contributed by atoms with Crippen LogP contribution in [-0.2, 0) is 17.1 Å². The molecule has 0 heterocycles. The zero-order valence-electron chi connectivity index (χ0n) is 44.4. The van der Waals surface area contributed by atoms with Crippen LogP contribution in [0.15, 0.2) is 146 Å². The van der Waals surface area contributed by atoms with Crippen molar-refractivity contribution in [3.63, 3.8) is 0 Å². The van der Waals surface area contributed by atoms with Crippen molar-refractivity contribution < 1.29 is 74.4 Å². The smallest absolute Gasteiger partial charge is 0.170 e. The minimum absolute atomic E-state index is 0. The summed E-state index contributed by atoms with van der Waals surface area (Å²) in [7, 11) is 0. The number of hydrogen-bond donors (Lipinski definition) is 0. The Morgan fingerprint density at radius 1 is 0.247 bits per heavy atom. The molecule has 0 aromatic heterocycles. The van der Waals surface area contributed by atoms with Gasteiger partial charge in [0.1, 0.15) is 23.0 Å². The average Bonchev–Trinajstić information content (AvgIpc) is 3.44. The van der Waals surface area contributed by atoms with E-state index in [-0.39, 0.29) is 89.0 Å². The van der Waals surface area contributed by atoms with Gasteiger partial charge in [-0.2, -0.15) is 0 Å². The maximum Gasteiger partial charge on any atom is 0.170 e. The van der Waals surface area contributed by atoms with Crippen LogP contribution in [0.1, 0.15) is 188 Å². The molecule has 0 aliphatic heterocycles. The Hall–Kier alpha value is -7.60. The molecule has 6 aromatic rings. The summed E-state index contributed by atoms with van der Waals surface area (Å²) in [5, 5.41) is 0. The van der Waals surface area contributed by atoms with Crippen molar-refractivity contribution in [2.24, 2.45) is 0 Å². The van der Waals surface area contributed by atoms with Gasteiger partial charge in [-0.3, -0.25) is 38.4 Å². The number of ketones is 8. The number of ether oxygens (including phenoxy) is 4. The molecule has 0 saturated carbocycles. The summed E-state index contributed by atoms with van der Waals surface area (Å²) in [6.07, 6.45) is 6.87. The van der Waals surface area contributed by atoms with Gasteiger partial charge in [0.05, 0.1) is 52.1 Å².